The van der Waals surface area contributed by atoms with Gasteiger partial charge in [-0.15, -0.1) is 0 Å². The fraction of sp³-hybridized carbons (Fsp3) is 0.917. The van der Waals surface area contributed by atoms with Crippen molar-refractivity contribution in [2.45, 2.75) is 42.8 Å². The summed E-state index contributed by atoms with van der Waals surface area (Å²) in [5.74, 6) is 0. The van der Waals surface area contributed by atoms with E-state index in [0.29, 0.717) is 11.7 Å². The first-order valence-corrected chi connectivity index (χ1v) is 7.93. The minimum atomic E-state index is -1.03. The maximum absolute atomic E-state index is 10.2. The van der Waals surface area contributed by atoms with Crippen molar-refractivity contribution in [2.24, 2.45) is 4.99 Å². The number of amidine groups is 1. The van der Waals surface area contributed by atoms with Crippen LogP contribution in [0.1, 0.15) is 6.92 Å². The van der Waals surface area contributed by atoms with Crippen LogP contribution in [0, 0.1) is 0 Å². The van der Waals surface area contributed by atoms with Crippen molar-refractivity contribution in [3.63, 3.8) is 0 Å². The molecule has 21 heavy (non-hydrogen) atoms. The molecule has 0 spiro atoms. The number of ether oxygens (including phenoxy) is 1. The second-order valence-electron chi connectivity index (χ2n) is 5.09. The molecule has 0 aromatic rings. The van der Waals surface area contributed by atoms with Gasteiger partial charge in [-0.05, 0) is 6.92 Å². The molecular weight excluding hydrogens is 298 g/mol. The van der Waals surface area contributed by atoms with E-state index in [1.165, 1.54) is 11.8 Å². The highest BCUT2D eigenvalue weighted by Crippen LogP contribution is 2.33. The third kappa shape index (κ3) is 4.07. The molecule has 2 aliphatic heterocycles. The van der Waals surface area contributed by atoms with Crippen LogP contribution in [0.4, 0.5) is 0 Å². The number of nitrogens with one attached hydrogen (secondary N) is 2. The van der Waals surface area contributed by atoms with Crippen LogP contribution < -0.4 is 10.6 Å². The van der Waals surface area contributed by atoms with Crippen LogP contribution in [0.2, 0.25) is 0 Å². The molecule has 0 aromatic heterocycles. The van der Waals surface area contributed by atoms with Crippen molar-refractivity contribution >= 4 is 16.9 Å². The van der Waals surface area contributed by atoms with Crippen LogP contribution in [0.25, 0.3) is 0 Å². The first kappa shape index (κ1) is 16.9. The Kier molecular flexibility index (Phi) is 6.23. The van der Waals surface area contributed by atoms with Crippen LogP contribution in [0.5, 0.6) is 0 Å². The van der Waals surface area contributed by atoms with Gasteiger partial charge < -0.3 is 35.8 Å². The van der Waals surface area contributed by atoms with Crippen molar-refractivity contribution in [1.82, 2.24) is 10.6 Å². The molecule has 2 rings (SSSR count). The average Bonchev–Trinajstić information content (AvgIpc) is 2.87. The van der Waals surface area contributed by atoms with Gasteiger partial charge in [0.1, 0.15) is 23.7 Å². The van der Waals surface area contributed by atoms with Gasteiger partial charge in [-0.2, -0.15) is 0 Å². The molecule has 0 amide bonds. The number of nitrogens with zero attached hydrogens (tertiary/aromatic N) is 1. The SMILES string of the molecule is CCN=C1N[C@@H]2[C@@H](O)[C@H](O)[C@@H](CNCC(O)CO)O[C@@H]2S1. The maximum atomic E-state index is 10.2. The summed E-state index contributed by atoms with van der Waals surface area (Å²) in [5, 5.41) is 45.0. The lowest BCUT2D eigenvalue weighted by Crippen LogP contribution is -2.61. The van der Waals surface area contributed by atoms with E-state index in [1.54, 1.807) is 0 Å². The van der Waals surface area contributed by atoms with Crippen LogP contribution >= 0.6 is 11.8 Å². The van der Waals surface area contributed by atoms with Crippen molar-refractivity contribution in [1.29, 1.82) is 0 Å². The minimum Gasteiger partial charge on any atom is -0.394 e. The number of rotatable bonds is 6. The summed E-state index contributed by atoms with van der Waals surface area (Å²) in [5.41, 5.74) is -0.303. The summed E-state index contributed by atoms with van der Waals surface area (Å²) in [7, 11) is 0. The quantitative estimate of drug-likeness (QED) is 0.316. The van der Waals surface area contributed by atoms with E-state index in [9.17, 15) is 15.3 Å². The Morgan fingerprint density at radius 2 is 2.19 bits per heavy atom. The van der Waals surface area contributed by atoms with Gasteiger partial charge in [0, 0.05) is 19.6 Å². The summed E-state index contributed by atoms with van der Waals surface area (Å²) < 4.78 is 5.79. The smallest absolute Gasteiger partial charge is 0.159 e. The highest BCUT2D eigenvalue weighted by molar-refractivity contribution is 8.14. The van der Waals surface area contributed by atoms with Crippen molar-refractivity contribution in [2.75, 3.05) is 26.2 Å². The first-order valence-electron chi connectivity index (χ1n) is 7.05. The predicted octanol–water partition coefficient (Wildman–Crippen LogP) is -2.54. The van der Waals surface area contributed by atoms with Gasteiger partial charge in [-0.3, -0.25) is 4.99 Å². The zero-order chi connectivity index (χ0) is 15.4. The molecule has 0 aromatic carbocycles. The van der Waals surface area contributed by atoms with Crippen molar-refractivity contribution in [3.05, 3.63) is 0 Å². The fourth-order valence-corrected chi connectivity index (χ4v) is 3.53. The van der Waals surface area contributed by atoms with E-state index in [0.717, 1.165) is 0 Å². The molecule has 2 aliphatic rings. The van der Waals surface area contributed by atoms with Crippen LogP contribution in [-0.2, 0) is 4.74 Å². The molecule has 0 saturated carbocycles. The monoisotopic (exact) mass is 321 g/mol. The third-order valence-corrected chi connectivity index (χ3v) is 4.56. The molecule has 0 aliphatic carbocycles. The number of fused-ring (bicyclic) bond motifs is 1. The highest BCUT2D eigenvalue weighted by Gasteiger charge is 2.48. The lowest BCUT2D eigenvalue weighted by Gasteiger charge is -2.39. The van der Waals surface area contributed by atoms with Gasteiger partial charge in [-0.25, -0.2) is 0 Å². The maximum Gasteiger partial charge on any atom is 0.159 e. The van der Waals surface area contributed by atoms with Gasteiger partial charge in [-0.1, -0.05) is 11.8 Å². The Morgan fingerprint density at radius 1 is 1.43 bits per heavy atom. The summed E-state index contributed by atoms with van der Waals surface area (Å²) >= 11 is 1.40. The molecule has 6 atom stereocenters. The number of aliphatic imine (C=N–C) groups is 1. The van der Waals surface area contributed by atoms with Crippen molar-refractivity contribution < 1.29 is 25.2 Å². The molecule has 6 N–H and O–H groups in total. The Morgan fingerprint density at radius 3 is 2.86 bits per heavy atom. The van der Waals surface area contributed by atoms with Crippen LogP contribution in [0.3, 0.4) is 0 Å². The van der Waals surface area contributed by atoms with E-state index < -0.39 is 24.4 Å². The molecule has 0 bridgehead atoms. The van der Waals surface area contributed by atoms with E-state index in [1.807, 2.05) is 6.92 Å². The molecule has 9 heteroatoms. The Hall–Kier alpha value is -0.420. The molecule has 0 radical (unpaired) electrons. The molecule has 122 valence electrons. The lowest BCUT2D eigenvalue weighted by molar-refractivity contribution is -0.154. The van der Waals surface area contributed by atoms with Crippen LogP contribution in [0.15, 0.2) is 4.99 Å². The molecule has 2 fully saturated rings. The number of aliphatic hydroxyl groups is 4. The zero-order valence-corrected chi connectivity index (χ0v) is 12.7. The third-order valence-electron chi connectivity index (χ3n) is 3.46. The summed E-state index contributed by atoms with van der Waals surface area (Å²) in [6.07, 6.45) is -3.41. The van der Waals surface area contributed by atoms with Crippen molar-refractivity contribution in [3.8, 4) is 0 Å². The Bertz CT molecular complexity index is 373. The molecule has 1 unspecified atom stereocenters. The number of hydrogen-bond donors (Lipinski definition) is 6. The van der Waals surface area contributed by atoms with Gasteiger partial charge >= 0.3 is 0 Å². The fourth-order valence-electron chi connectivity index (χ4n) is 2.32. The largest absolute Gasteiger partial charge is 0.394 e. The molecule has 2 saturated heterocycles. The standard InChI is InChI=1S/C12H23N3O5S/c1-2-14-12-15-8-10(19)9(18)7(20-11(8)21-12)4-13-3-6(17)5-16/h6-11,13,16-19H,2-5H2,1H3,(H,14,15)/t6?,7-,8-,9-,10-,11-/m1/s1. The summed E-state index contributed by atoms with van der Waals surface area (Å²) in [6, 6.07) is -0.380. The van der Waals surface area contributed by atoms with E-state index >= 15 is 0 Å². The molecule has 2 heterocycles. The van der Waals surface area contributed by atoms with E-state index in [2.05, 4.69) is 15.6 Å². The molecule has 8 nitrogen and oxygen atoms in total. The number of hydrogen-bond acceptors (Lipinski definition) is 8. The highest BCUT2D eigenvalue weighted by atomic mass is 32.2. The topological polar surface area (TPSA) is 127 Å². The second kappa shape index (κ2) is 7.73. The van der Waals surface area contributed by atoms with Gasteiger partial charge in [0.2, 0.25) is 0 Å². The Labute approximate surface area is 127 Å². The lowest BCUT2D eigenvalue weighted by atomic mass is 9.98. The summed E-state index contributed by atoms with van der Waals surface area (Å²) in [6.45, 7) is 2.70. The zero-order valence-electron chi connectivity index (χ0n) is 11.8. The van der Waals surface area contributed by atoms with E-state index in [4.69, 9.17) is 9.84 Å². The minimum absolute atomic E-state index is 0.196. The molecular formula is C12H23N3O5S. The van der Waals surface area contributed by atoms with Gasteiger partial charge in [0.05, 0.1) is 18.8 Å². The summed E-state index contributed by atoms with van der Waals surface area (Å²) in [4.78, 5) is 4.25. The number of aliphatic hydroxyl groups excluding tert-OH is 4. The first-order chi connectivity index (χ1) is 10.1. The van der Waals surface area contributed by atoms with Crippen LogP contribution in [-0.4, -0.2) is 87.7 Å². The van der Waals surface area contributed by atoms with E-state index in [-0.39, 0.29) is 31.2 Å². The van der Waals surface area contributed by atoms with Gasteiger partial charge in [0.15, 0.2) is 5.17 Å². The number of thioether (sulfide) groups is 1. The Balaban J connectivity index is 1.89. The predicted molar refractivity (Wildman–Crippen MR) is 79.1 cm³/mol. The normalized spacial score (nSPS) is 39.1. The van der Waals surface area contributed by atoms with Gasteiger partial charge in [0.25, 0.3) is 0 Å². The average molecular weight is 321 g/mol. The second-order valence-corrected chi connectivity index (χ2v) is 6.17.